The third-order valence-electron chi connectivity index (χ3n) is 10.6. The standard InChI is InChI=1S/C50H60N3O.Pt/c1-46(2,3)33-23-24-51-40(29-33)32-25-31(26-34(27-32)47(4,5)6)37-28-35(48(7,8)9)30-41-43(37)52-45(36-19-16-17-22-42(36)54)53(41)44-38(49(10,11)12)20-18-21-39(44)50(13,14)15;/h16-24,26-30,54H,1-15H3;/q-1;. The molecule has 55 heavy (non-hydrogen) atoms. The molecule has 4 aromatic carbocycles. The number of aromatic hydroxyl groups is 1. The average Bonchev–Trinajstić information content (AvgIpc) is 3.44. The molecule has 0 atom stereocenters. The summed E-state index contributed by atoms with van der Waals surface area (Å²) >= 11 is 0. The first-order valence-electron chi connectivity index (χ1n) is 19.4. The summed E-state index contributed by atoms with van der Waals surface area (Å²) in [5.41, 5.74) is 13.0. The molecule has 0 spiro atoms. The molecule has 2 aromatic heterocycles. The third-order valence-corrected chi connectivity index (χ3v) is 10.6. The fourth-order valence-electron chi connectivity index (χ4n) is 7.21. The van der Waals surface area contributed by atoms with Gasteiger partial charge in [-0.1, -0.05) is 157 Å². The number of imidazole rings is 1. The van der Waals surface area contributed by atoms with E-state index in [4.69, 9.17) is 9.97 Å². The zero-order chi connectivity index (χ0) is 39.8. The van der Waals surface area contributed by atoms with E-state index in [-0.39, 0.29) is 53.9 Å². The van der Waals surface area contributed by atoms with Crippen LogP contribution in [0.15, 0.2) is 85.1 Å². The van der Waals surface area contributed by atoms with Gasteiger partial charge in [-0.15, -0.1) is 29.3 Å². The summed E-state index contributed by atoms with van der Waals surface area (Å²) in [5.74, 6) is 0.912. The van der Waals surface area contributed by atoms with Gasteiger partial charge in [-0.2, -0.15) is 0 Å². The van der Waals surface area contributed by atoms with Gasteiger partial charge in [-0.25, -0.2) is 4.98 Å². The Bertz CT molecular complexity index is 2330. The number of para-hydroxylation sites is 2. The summed E-state index contributed by atoms with van der Waals surface area (Å²) in [4.78, 5) is 10.5. The summed E-state index contributed by atoms with van der Waals surface area (Å²) in [6.07, 6.45) is 1.92. The third kappa shape index (κ3) is 8.41. The van der Waals surface area contributed by atoms with Crippen molar-refractivity contribution in [2.75, 3.05) is 0 Å². The molecule has 0 aliphatic heterocycles. The molecule has 0 bridgehead atoms. The van der Waals surface area contributed by atoms with Crippen molar-refractivity contribution in [1.82, 2.24) is 14.5 Å². The summed E-state index contributed by atoms with van der Waals surface area (Å²) in [6.45, 7) is 34.0. The molecule has 0 unspecified atom stereocenters. The predicted molar refractivity (Wildman–Crippen MR) is 229 cm³/mol. The first kappa shape index (κ1) is 42.1. The number of fused-ring (bicyclic) bond motifs is 1. The quantitative estimate of drug-likeness (QED) is 0.179. The van der Waals surface area contributed by atoms with Gasteiger partial charge < -0.3 is 5.11 Å². The summed E-state index contributed by atoms with van der Waals surface area (Å²) in [5, 5.41) is 11.5. The minimum Gasteiger partial charge on any atom is -0.507 e. The Hall–Kier alpha value is -4.01. The first-order chi connectivity index (χ1) is 24.9. The van der Waals surface area contributed by atoms with Gasteiger partial charge in [0.25, 0.3) is 0 Å². The molecule has 0 aliphatic rings. The van der Waals surface area contributed by atoms with Crippen LogP contribution in [-0.2, 0) is 48.1 Å². The van der Waals surface area contributed by atoms with Gasteiger partial charge in [0, 0.05) is 33.0 Å². The van der Waals surface area contributed by atoms with Crippen molar-refractivity contribution in [2.45, 2.75) is 131 Å². The van der Waals surface area contributed by atoms with E-state index >= 15 is 0 Å². The second-order valence-electron chi connectivity index (χ2n) is 20.3. The maximum Gasteiger partial charge on any atom is 0.148 e. The Kier molecular flexibility index (Phi) is 11.1. The number of hydrogen-bond donors (Lipinski definition) is 1. The van der Waals surface area contributed by atoms with Crippen molar-refractivity contribution in [3.8, 4) is 45.2 Å². The maximum atomic E-state index is 11.5. The monoisotopic (exact) mass is 913 g/mol. The van der Waals surface area contributed by atoms with Gasteiger partial charge >= 0.3 is 0 Å². The summed E-state index contributed by atoms with van der Waals surface area (Å²) in [6, 6.07) is 31.7. The van der Waals surface area contributed by atoms with E-state index in [9.17, 15) is 5.11 Å². The van der Waals surface area contributed by atoms with Crippen molar-refractivity contribution in [1.29, 1.82) is 0 Å². The van der Waals surface area contributed by atoms with E-state index in [1.807, 2.05) is 24.4 Å². The second-order valence-corrected chi connectivity index (χ2v) is 20.3. The molecule has 0 fully saturated rings. The van der Waals surface area contributed by atoms with Crippen molar-refractivity contribution >= 4 is 11.0 Å². The molecule has 292 valence electrons. The molecule has 0 amide bonds. The number of phenolic OH excluding ortho intramolecular Hbond substituents is 1. The number of rotatable bonds is 4. The van der Waals surface area contributed by atoms with Crippen LogP contribution in [0.25, 0.3) is 50.5 Å². The Labute approximate surface area is 345 Å². The second kappa shape index (κ2) is 14.5. The smallest absolute Gasteiger partial charge is 0.148 e. The number of benzene rings is 4. The van der Waals surface area contributed by atoms with Crippen LogP contribution in [-0.4, -0.2) is 19.6 Å². The van der Waals surface area contributed by atoms with Crippen LogP contribution < -0.4 is 0 Å². The molecule has 4 nitrogen and oxygen atoms in total. The van der Waals surface area contributed by atoms with E-state index in [0.29, 0.717) is 11.4 Å². The molecule has 0 saturated carbocycles. The van der Waals surface area contributed by atoms with Crippen LogP contribution in [0.3, 0.4) is 0 Å². The van der Waals surface area contributed by atoms with E-state index in [2.05, 4.69) is 169 Å². The van der Waals surface area contributed by atoms with Crippen LogP contribution in [0.5, 0.6) is 5.75 Å². The van der Waals surface area contributed by atoms with Gasteiger partial charge in [0.05, 0.1) is 22.3 Å². The Morgan fingerprint density at radius 2 is 1.09 bits per heavy atom. The Morgan fingerprint density at radius 1 is 0.545 bits per heavy atom. The molecule has 2 heterocycles. The molecule has 5 heteroatoms. The number of aromatic nitrogens is 3. The summed E-state index contributed by atoms with van der Waals surface area (Å²) in [7, 11) is 0. The zero-order valence-corrected chi connectivity index (χ0v) is 38.0. The van der Waals surface area contributed by atoms with Crippen molar-refractivity contribution in [2.24, 2.45) is 0 Å². The molecule has 0 saturated heterocycles. The maximum absolute atomic E-state index is 11.5. The minimum atomic E-state index is -0.175. The minimum absolute atomic E-state index is 0. The van der Waals surface area contributed by atoms with Crippen LogP contribution in [0.1, 0.15) is 132 Å². The molecule has 1 N–H and O–H groups in total. The van der Waals surface area contributed by atoms with E-state index < -0.39 is 0 Å². The van der Waals surface area contributed by atoms with Crippen LogP contribution in [0.4, 0.5) is 0 Å². The molecule has 0 radical (unpaired) electrons. The molecule has 6 rings (SSSR count). The van der Waals surface area contributed by atoms with Gasteiger partial charge in [0.2, 0.25) is 0 Å². The van der Waals surface area contributed by atoms with E-state index in [1.54, 1.807) is 6.07 Å². The number of hydrogen-bond acceptors (Lipinski definition) is 3. The largest absolute Gasteiger partial charge is 0.507 e. The molecule has 6 aromatic rings. The summed E-state index contributed by atoms with van der Waals surface area (Å²) < 4.78 is 2.34. The average molecular weight is 914 g/mol. The van der Waals surface area contributed by atoms with Crippen molar-refractivity contribution in [3.05, 3.63) is 119 Å². The SMILES string of the molecule is CC(C)(C)c1cc(-c2cc(C(C)(C)C)ccn2)[c-]c(-c2cc(C(C)(C)C)cc3c2nc(-c2ccccc2O)n3-c2c(C(C)(C)C)cccc2C(C)(C)C)c1.[Pt]. The van der Waals surface area contributed by atoms with E-state index in [1.165, 1.54) is 27.8 Å². The fourth-order valence-corrected chi connectivity index (χ4v) is 7.21. The Morgan fingerprint density at radius 3 is 1.64 bits per heavy atom. The molecule has 0 aliphatic carbocycles. The fraction of sp³-hybridized carbons (Fsp3) is 0.400. The number of phenols is 1. The number of nitrogens with zero attached hydrogens (tertiary/aromatic N) is 3. The molecular formula is C50H60N3OPt-. The Balaban J connectivity index is 0.00000580. The van der Waals surface area contributed by atoms with Crippen LogP contribution in [0.2, 0.25) is 0 Å². The van der Waals surface area contributed by atoms with Gasteiger partial charge in [-0.3, -0.25) is 9.55 Å². The van der Waals surface area contributed by atoms with Crippen molar-refractivity contribution < 1.29 is 26.2 Å². The van der Waals surface area contributed by atoms with Gasteiger partial charge in [-0.05, 0) is 73.6 Å². The van der Waals surface area contributed by atoms with E-state index in [0.717, 1.165) is 39.1 Å². The van der Waals surface area contributed by atoms with Crippen LogP contribution >= 0.6 is 0 Å². The normalized spacial score (nSPS) is 12.9. The van der Waals surface area contributed by atoms with Gasteiger partial charge in [0.15, 0.2) is 0 Å². The zero-order valence-electron chi connectivity index (χ0n) is 35.7. The van der Waals surface area contributed by atoms with Crippen LogP contribution in [0, 0.1) is 6.07 Å². The topological polar surface area (TPSA) is 50.9 Å². The van der Waals surface area contributed by atoms with Gasteiger partial charge in [0.1, 0.15) is 11.6 Å². The predicted octanol–water partition coefficient (Wildman–Crippen LogP) is 13.4. The van der Waals surface area contributed by atoms with Crippen molar-refractivity contribution in [3.63, 3.8) is 0 Å². The first-order valence-corrected chi connectivity index (χ1v) is 19.4. The number of pyridine rings is 1. The molecular weight excluding hydrogens is 854 g/mol.